The van der Waals surface area contributed by atoms with Crippen LogP contribution in [0.5, 0.6) is 5.75 Å². The number of phenolic OH excluding ortho intramolecular Hbond substituents is 1. The third-order valence-electron chi connectivity index (χ3n) is 5.44. The summed E-state index contributed by atoms with van der Waals surface area (Å²) in [5, 5.41) is 23.5. The van der Waals surface area contributed by atoms with Gasteiger partial charge in [-0.05, 0) is 30.7 Å². The molecule has 1 aliphatic rings. The molecule has 0 unspecified atom stereocenters. The van der Waals surface area contributed by atoms with Crippen LogP contribution in [-0.2, 0) is 10.9 Å². The van der Waals surface area contributed by atoms with Crippen LogP contribution in [0.2, 0.25) is 0 Å². The molecule has 30 heavy (non-hydrogen) atoms. The van der Waals surface area contributed by atoms with Crippen LogP contribution in [0.25, 0.3) is 22.0 Å². The Labute approximate surface area is 171 Å². The fourth-order valence-corrected chi connectivity index (χ4v) is 3.67. The fourth-order valence-electron chi connectivity index (χ4n) is 3.67. The van der Waals surface area contributed by atoms with Crippen molar-refractivity contribution in [1.29, 1.82) is 0 Å². The lowest BCUT2D eigenvalue weighted by atomic mass is 9.82. The number of aromatic hydroxyl groups is 1. The van der Waals surface area contributed by atoms with Crippen molar-refractivity contribution in [3.63, 3.8) is 0 Å². The molecule has 1 aromatic carbocycles. The molecule has 0 saturated carbocycles. The van der Waals surface area contributed by atoms with Crippen molar-refractivity contribution in [3.8, 4) is 17.0 Å². The van der Waals surface area contributed by atoms with E-state index in [1.165, 1.54) is 6.07 Å². The van der Waals surface area contributed by atoms with Crippen molar-refractivity contribution in [2.24, 2.45) is 5.41 Å². The smallest absolute Gasteiger partial charge is 0.416 e. The Bertz CT molecular complexity index is 1090. The third-order valence-corrected chi connectivity index (χ3v) is 5.44. The van der Waals surface area contributed by atoms with Gasteiger partial charge in [0.05, 0.1) is 12.2 Å². The van der Waals surface area contributed by atoms with Crippen LogP contribution in [0, 0.1) is 5.41 Å². The zero-order chi connectivity index (χ0) is 21.5. The number of nitrogens with one attached hydrogen (secondary N) is 1. The Morgan fingerprint density at radius 1 is 1.17 bits per heavy atom. The predicted molar refractivity (Wildman–Crippen MR) is 106 cm³/mol. The number of hydrogen-bond acceptors (Lipinski definition) is 6. The first-order valence-electron chi connectivity index (χ1n) is 9.52. The Morgan fingerprint density at radius 3 is 2.67 bits per heavy atom. The van der Waals surface area contributed by atoms with E-state index in [0.717, 1.165) is 12.5 Å². The summed E-state index contributed by atoms with van der Waals surface area (Å²) in [7, 11) is 0. The number of rotatable bonds is 3. The molecule has 1 aliphatic heterocycles. The van der Waals surface area contributed by atoms with Gasteiger partial charge in [0.2, 0.25) is 0 Å². The van der Waals surface area contributed by atoms with Gasteiger partial charge in [-0.1, -0.05) is 13.8 Å². The molecule has 0 aliphatic carbocycles. The Morgan fingerprint density at radius 2 is 1.97 bits per heavy atom. The maximum atomic E-state index is 12.9. The fraction of sp³-hybridized carbons (Fsp3) is 0.381. The number of ether oxygens (including phenoxy) is 1. The number of halogens is 3. The summed E-state index contributed by atoms with van der Waals surface area (Å²) < 4.78 is 44.4. The molecule has 0 spiro atoms. The number of nitrogens with zero attached hydrogens (tertiary/aromatic N) is 3. The van der Waals surface area contributed by atoms with E-state index < -0.39 is 17.5 Å². The second kappa shape index (κ2) is 7.39. The molecule has 0 bridgehead atoms. The molecule has 3 aromatic rings. The van der Waals surface area contributed by atoms with Crippen molar-refractivity contribution >= 4 is 16.6 Å². The van der Waals surface area contributed by atoms with Gasteiger partial charge < -0.3 is 15.2 Å². The minimum Gasteiger partial charge on any atom is -0.507 e. The molecule has 6 nitrogen and oxygen atoms in total. The van der Waals surface area contributed by atoms with Crippen molar-refractivity contribution in [1.82, 2.24) is 15.2 Å². The molecule has 0 amide bonds. The van der Waals surface area contributed by atoms with Gasteiger partial charge in [0, 0.05) is 46.8 Å². The molecule has 1 fully saturated rings. The molecular formula is C21H21F3N4O2. The molecule has 9 heteroatoms. The maximum Gasteiger partial charge on any atom is 0.416 e. The maximum absolute atomic E-state index is 12.9. The molecule has 1 saturated heterocycles. The minimum atomic E-state index is -4.54. The molecule has 3 heterocycles. The first kappa shape index (κ1) is 20.3. The van der Waals surface area contributed by atoms with Crippen LogP contribution in [0.1, 0.15) is 25.8 Å². The average Bonchev–Trinajstić information content (AvgIpc) is 2.69. The monoisotopic (exact) mass is 418 g/mol. The molecule has 0 radical (unpaired) electrons. The van der Waals surface area contributed by atoms with Crippen molar-refractivity contribution in [2.75, 3.05) is 18.5 Å². The van der Waals surface area contributed by atoms with E-state index in [2.05, 4.69) is 34.3 Å². The summed E-state index contributed by atoms with van der Waals surface area (Å²) in [6, 6.07) is 4.63. The number of fused-ring (bicyclic) bond motifs is 1. The lowest BCUT2D eigenvalue weighted by Gasteiger charge is -2.39. The summed E-state index contributed by atoms with van der Waals surface area (Å²) in [6.07, 6.45) is -0.546. The Balaban J connectivity index is 1.77. The summed E-state index contributed by atoms with van der Waals surface area (Å²) in [4.78, 5) is 4.16. The zero-order valence-electron chi connectivity index (χ0n) is 16.5. The van der Waals surface area contributed by atoms with Gasteiger partial charge in [-0.25, -0.2) is 0 Å². The highest BCUT2D eigenvalue weighted by molar-refractivity contribution is 6.00. The van der Waals surface area contributed by atoms with E-state index in [0.29, 0.717) is 35.9 Å². The second-order valence-corrected chi connectivity index (χ2v) is 8.07. The first-order valence-corrected chi connectivity index (χ1v) is 9.52. The highest BCUT2D eigenvalue weighted by atomic mass is 19.4. The average molecular weight is 418 g/mol. The SMILES string of the molecule is CC1(C)COCC[C@H]1Nc1nnc(-c2ccc(C(F)(F)F)cc2O)c2ccncc12. The van der Waals surface area contributed by atoms with Gasteiger partial charge in [0.1, 0.15) is 11.4 Å². The van der Waals surface area contributed by atoms with E-state index in [-0.39, 0.29) is 22.7 Å². The summed E-state index contributed by atoms with van der Waals surface area (Å²) >= 11 is 0. The minimum absolute atomic E-state index is 0.106. The first-order chi connectivity index (χ1) is 14.2. The van der Waals surface area contributed by atoms with E-state index in [4.69, 9.17) is 4.74 Å². The van der Waals surface area contributed by atoms with E-state index >= 15 is 0 Å². The van der Waals surface area contributed by atoms with Gasteiger partial charge in [-0.15, -0.1) is 10.2 Å². The topological polar surface area (TPSA) is 80.2 Å². The standard InChI is InChI=1S/C21H21F3N4O2/c1-20(2)11-30-8-6-17(20)26-19-15-10-25-7-5-13(15)18(27-28-19)14-4-3-12(9-16(14)29)21(22,23)24/h3-5,7,9-10,17,29H,6,8,11H2,1-2H3,(H,26,28)/t17-/m1/s1. The predicted octanol–water partition coefficient (Wildman–Crippen LogP) is 4.64. The lowest BCUT2D eigenvalue weighted by molar-refractivity contribution is -0.137. The number of anilines is 1. The summed E-state index contributed by atoms with van der Waals surface area (Å²) in [5.74, 6) is 0.0248. The number of pyridine rings is 1. The molecule has 158 valence electrons. The van der Waals surface area contributed by atoms with Crippen LogP contribution < -0.4 is 5.32 Å². The third kappa shape index (κ3) is 3.77. The number of aromatic nitrogens is 3. The van der Waals surface area contributed by atoms with Crippen molar-refractivity contribution in [3.05, 3.63) is 42.2 Å². The molecule has 2 aromatic heterocycles. The molecule has 1 atom stereocenters. The van der Waals surface area contributed by atoms with Gasteiger partial charge in [0.15, 0.2) is 5.82 Å². The van der Waals surface area contributed by atoms with Gasteiger partial charge in [-0.2, -0.15) is 13.2 Å². The lowest BCUT2D eigenvalue weighted by Crippen LogP contribution is -2.44. The number of hydrogen-bond donors (Lipinski definition) is 2. The van der Waals surface area contributed by atoms with Crippen molar-refractivity contribution in [2.45, 2.75) is 32.5 Å². The molecule has 4 rings (SSSR count). The Kier molecular flexibility index (Phi) is 5.01. The van der Waals surface area contributed by atoms with Gasteiger partial charge in [-0.3, -0.25) is 4.98 Å². The van der Waals surface area contributed by atoms with E-state index in [1.807, 2.05) is 0 Å². The van der Waals surface area contributed by atoms with Crippen LogP contribution >= 0.6 is 0 Å². The number of phenols is 1. The molecule has 2 N–H and O–H groups in total. The van der Waals surface area contributed by atoms with Crippen LogP contribution in [-0.4, -0.2) is 39.5 Å². The zero-order valence-corrected chi connectivity index (χ0v) is 16.5. The quantitative estimate of drug-likeness (QED) is 0.645. The molecular weight excluding hydrogens is 397 g/mol. The van der Waals surface area contributed by atoms with E-state index in [1.54, 1.807) is 18.5 Å². The van der Waals surface area contributed by atoms with Crippen LogP contribution in [0.4, 0.5) is 19.0 Å². The van der Waals surface area contributed by atoms with Crippen LogP contribution in [0.15, 0.2) is 36.7 Å². The highest BCUT2D eigenvalue weighted by Gasteiger charge is 2.34. The highest BCUT2D eigenvalue weighted by Crippen LogP contribution is 2.39. The van der Waals surface area contributed by atoms with Crippen molar-refractivity contribution < 1.29 is 23.0 Å². The normalized spacial score (nSPS) is 19.0. The van der Waals surface area contributed by atoms with Gasteiger partial charge >= 0.3 is 6.18 Å². The summed E-state index contributed by atoms with van der Waals surface area (Å²) in [5.41, 5.74) is -0.582. The van der Waals surface area contributed by atoms with Gasteiger partial charge in [0.25, 0.3) is 0 Å². The summed E-state index contributed by atoms with van der Waals surface area (Å²) in [6.45, 7) is 5.46. The number of benzene rings is 1. The number of alkyl halides is 3. The van der Waals surface area contributed by atoms with E-state index in [9.17, 15) is 18.3 Å². The van der Waals surface area contributed by atoms with Crippen LogP contribution in [0.3, 0.4) is 0 Å². The second-order valence-electron chi connectivity index (χ2n) is 8.07. The Hall–Kier alpha value is -2.94. The largest absolute Gasteiger partial charge is 0.507 e.